The van der Waals surface area contributed by atoms with E-state index < -0.39 is 0 Å². The lowest BCUT2D eigenvalue weighted by Gasteiger charge is -2.33. The monoisotopic (exact) mass is 236 g/mol. The average Bonchev–Trinajstić information content (AvgIpc) is 2.36. The van der Waals surface area contributed by atoms with Crippen molar-refractivity contribution in [2.75, 3.05) is 7.11 Å². The Bertz CT molecular complexity index is 350. The number of ether oxygens (including phenoxy) is 1. The minimum atomic E-state index is 0.178. The molecule has 1 rings (SSSR count). The second-order valence-corrected chi connectivity index (χ2v) is 5.12. The van der Waals surface area contributed by atoms with E-state index in [1.807, 2.05) is 12.1 Å². The zero-order valence-corrected chi connectivity index (χ0v) is 11.3. The van der Waals surface area contributed by atoms with Crippen LogP contribution in [0.4, 0.5) is 0 Å². The molecule has 1 aromatic carbocycles. The lowest BCUT2D eigenvalue weighted by molar-refractivity contribution is 0.231. The van der Waals surface area contributed by atoms with Crippen molar-refractivity contribution in [1.82, 2.24) is 5.43 Å². The van der Waals surface area contributed by atoms with E-state index >= 15 is 0 Å². The maximum atomic E-state index is 5.67. The summed E-state index contributed by atoms with van der Waals surface area (Å²) >= 11 is 0. The Morgan fingerprint density at radius 3 is 2.65 bits per heavy atom. The van der Waals surface area contributed by atoms with Crippen molar-refractivity contribution in [2.45, 2.75) is 39.7 Å². The summed E-state index contributed by atoms with van der Waals surface area (Å²) in [5.41, 5.74) is 4.36. The van der Waals surface area contributed by atoms with E-state index in [0.717, 1.165) is 18.6 Å². The molecule has 3 heteroatoms. The first-order chi connectivity index (χ1) is 8.03. The molecule has 0 heterocycles. The van der Waals surface area contributed by atoms with Gasteiger partial charge in [-0.15, -0.1) is 0 Å². The van der Waals surface area contributed by atoms with Crippen LogP contribution in [0, 0.1) is 5.41 Å². The predicted octanol–water partition coefficient (Wildman–Crippen LogP) is 2.51. The highest BCUT2D eigenvalue weighted by Gasteiger charge is 2.26. The first-order valence-electron chi connectivity index (χ1n) is 6.12. The van der Waals surface area contributed by atoms with Gasteiger partial charge in [0.2, 0.25) is 0 Å². The van der Waals surface area contributed by atoms with Crippen LogP contribution in [-0.4, -0.2) is 13.2 Å². The number of hydrogen-bond donors (Lipinski definition) is 2. The largest absolute Gasteiger partial charge is 0.497 e. The van der Waals surface area contributed by atoms with E-state index in [2.05, 4.69) is 38.3 Å². The molecule has 0 radical (unpaired) electrons. The molecule has 1 aromatic rings. The van der Waals surface area contributed by atoms with E-state index in [1.165, 1.54) is 5.56 Å². The van der Waals surface area contributed by atoms with Gasteiger partial charge in [-0.25, -0.2) is 0 Å². The third kappa shape index (κ3) is 3.72. The van der Waals surface area contributed by atoms with Crippen molar-refractivity contribution in [3.63, 3.8) is 0 Å². The molecular formula is C14H24N2O. The molecule has 3 N–H and O–H groups in total. The predicted molar refractivity (Wildman–Crippen MR) is 71.9 cm³/mol. The minimum absolute atomic E-state index is 0.178. The van der Waals surface area contributed by atoms with Gasteiger partial charge in [-0.05, 0) is 36.0 Å². The first-order valence-corrected chi connectivity index (χ1v) is 6.12. The lowest BCUT2D eigenvalue weighted by Crippen LogP contribution is -2.46. The Hall–Kier alpha value is -1.06. The number of rotatable bonds is 6. The molecule has 1 atom stereocenters. The highest BCUT2D eigenvalue weighted by atomic mass is 16.5. The molecule has 0 amide bonds. The molecule has 0 aliphatic heterocycles. The molecule has 3 nitrogen and oxygen atoms in total. The van der Waals surface area contributed by atoms with Crippen LogP contribution in [0.5, 0.6) is 5.75 Å². The van der Waals surface area contributed by atoms with Crippen molar-refractivity contribution in [2.24, 2.45) is 11.3 Å². The third-order valence-corrected chi connectivity index (χ3v) is 3.63. The normalized spacial score (nSPS) is 13.5. The molecule has 17 heavy (non-hydrogen) atoms. The number of hydrogen-bond acceptors (Lipinski definition) is 3. The van der Waals surface area contributed by atoms with Gasteiger partial charge in [-0.1, -0.05) is 32.9 Å². The van der Waals surface area contributed by atoms with Gasteiger partial charge in [-0.2, -0.15) is 0 Å². The van der Waals surface area contributed by atoms with Gasteiger partial charge in [0.25, 0.3) is 0 Å². The van der Waals surface area contributed by atoms with E-state index in [9.17, 15) is 0 Å². The van der Waals surface area contributed by atoms with Crippen LogP contribution >= 0.6 is 0 Å². The van der Waals surface area contributed by atoms with E-state index in [0.29, 0.717) is 0 Å². The van der Waals surface area contributed by atoms with Crippen molar-refractivity contribution in [3.05, 3.63) is 29.8 Å². The highest BCUT2D eigenvalue weighted by molar-refractivity contribution is 5.29. The topological polar surface area (TPSA) is 47.3 Å². The van der Waals surface area contributed by atoms with Crippen LogP contribution in [0.25, 0.3) is 0 Å². The zero-order valence-electron chi connectivity index (χ0n) is 11.3. The quantitative estimate of drug-likeness (QED) is 0.589. The molecule has 0 bridgehead atoms. The van der Waals surface area contributed by atoms with E-state index in [-0.39, 0.29) is 11.5 Å². The Morgan fingerprint density at radius 2 is 2.12 bits per heavy atom. The van der Waals surface area contributed by atoms with Crippen LogP contribution in [0.3, 0.4) is 0 Å². The summed E-state index contributed by atoms with van der Waals surface area (Å²) in [6, 6.07) is 8.41. The molecular weight excluding hydrogens is 212 g/mol. The van der Waals surface area contributed by atoms with Crippen LogP contribution in [0.15, 0.2) is 24.3 Å². The Balaban J connectivity index is 2.80. The number of methoxy groups -OCH3 is 1. The summed E-state index contributed by atoms with van der Waals surface area (Å²) < 4.78 is 5.23. The maximum Gasteiger partial charge on any atom is 0.119 e. The molecule has 0 aliphatic rings. The van der Waals surface area contributed by atoms with Crippen LogP contribution < -0.4 is 16.0 Å². The fourth-order valence-corrected chi connectivity index (χ4v) is 1.84. The molecule has 0 aliphatic carbocycles. The van der Waals surface area contributed by atoms with Crippen LogP contribution in [-0.2, 0) is 6.42 Å². The number of hydrazine groups is 1. The molecule has 0 spiro atoms. The van der Waals surface area contributed by atoms with Crippen molar-refractivity contribution < 1.29 is 4.74 Å². The summed E-state index contributed by atoms with van der Waals surface area (Å²) in [5, 5.41) is 0. The molecule has 0 fully saturated rings. The SMILES string of the molecule is CCC(C)(C)C(Cc1cccc(OC)c1)NN. The smallest absolute Gasteiger partial charge is 0.119 e. The van der Waals surface area contributed by atoms with E-state index in [1.54, 1.807) is 7.11 Å². The lowest BCUT2D eigenvalue weighted by atomic mass is 9.79. The van der Waals surface area contributed by atoms with Crippen molar-refractivity contribution in [3.8, 4) is 5.75 Å². The summed E-state index contributed by atoms with van der Waals surface area (Å²) in [6.07, 6.45) is 2.00. The van der Waals surface area contributed by atoms with Crippen molar-refractivity contribution in [1.29, 1.82) is 0 Å². The Labute approximate surface area is 104 Å². The molecule has 0 saturated heterocycles. The Kier molecular flexibility index (Phi) is 4.97. The highest BCUT2D eigenvalue weighted by Crippen LogP contribution is 2.27. The minimum Gasteiger partial charge on any atom is -0.497 e. The molecule has 0 saturated carbocycles. The van der Waals surface area contributed by atoms with Crippen LogP contribution in [0.1, 0.15) is 32.8 Å². The van der Waals surface area contributed by atoms with Gasteiger partial charge in [0.05, 0.1) is 7.11 Å². The standard InChI is InChI=1S/C14H24N2O/c1-5-14(2,3)13(16-15)10-11-7-6-8-12(9-11)17-4/h6-9,13,16H,5,10,15H2,1-4H3. The number of nitrogens with one attached hydrogen (secondary N) is 1. The summed E-state index contributed by atoms with van der Waals surface area (Å²) in [5.74, 6) is 6.57. The Morgan fingerprint density at radius 1 is 1.41 bits per heavy atom. The fourth-order valence-electron chi connectivity index (χ4n) is 1.84. The first kappa shape index (κ1) is 14.0. The van der Waals surface area contributed by atoms with E-state index in [4.69, 9.17) is 10.6 Å². The third-order valence-electron chi connectivity index (χ3n) is 3.63. The maximum absolute atomic E-state index is 5.67. The van der Waals surface area contributed by atoms with Crippen molar-refractivity contribution >= 4 is 0 Å². The van der Waals surface area contributed by atoms with Gasteiger partial charge in [0.15, 0.2) is 0 Å². The average molecular weight is 236 g/mol. The zero-order chi connectivity index (χ0) is 12.9. The molecule has 1 unspecified atom stereocenters. The summed E-state index contributed by atoms with van der Waals surface area (Å²) in [7, 11) is 1.69. The number of benzene rings is 1. The molecule has 96 valence electrons. The summed E-state index contributed by atoms with van der Waals surface area (Å²) in [6.45, 7) is 6.66. The fraction of sp³-hybridized carbons (Fsp3) is 0.571. The van der Waals surface area contributed by atoms with Gasteiger partial charge in [0.1, 0.15) is 5.75 Å². The van der Waals surface area contributed by atoms with Crippen LogP contribution in [0.2, 0.25) is 0 Å². The summed E-state index contributed by atoms with van der Waals surface area (Å²) in [4.78, 5) is 0. The van der Waals surface area contributed by atoms with Gasteiger partial charge >= 0.3 is 0 Å². The van der Waals surface area contributed by atoms with Gasteiger partial charge in [0, 0.05) is 6.04 Å². The molecule has 0 aromatic heterocycles. The van der Waals surface area contributed by atoms with Gasteiger partial charge in [-0.3, -0.25) is 11.3 Å². The second kappa shape index (κ2) is 6.03. The second-order valence-electron chi connectivity index (χ2n) is 5.12. The number of nitrogens with two attached hydrogens (primary N) is 1. The van der Waals surface area contributed by atoms with Gasteiger partial charge < -0.3 is 4.74 Å².